The third-order valence-corrected chi connectivity index (χ3v) is 11.9. The van der Waals surface area contributed by atoms with Crippen molar-refractivity contribution in [2.24, 2.45) is 23.7 Å². The van der Waals surface area contributed by atoms with Crippen molar-refractivity contribution in [3.63, 3.8) is 0 Å². The van der Waals surface area contributed by atoms with E-state index in [4.69, 9.17) is 28.2 Å². The zero-order valence-electron chi connectivity index (χ0n) is 31.2. The number of ether oxygens (including phenoxy) is 5. The molecule has 5 aliphatic rings. The Morgan fingerprint density at radius 2 is 1.90 bits per heavy atom. The molecule has 3 saturated heterocycles. The Bertz CT molecular complexity index is 1580. The maximum Gasteiger partial charge on any atom is 0.344 e. The molecule has 0 amide bonds. The minimum absolute atomic E-state index is 0.00930. The molecule has 3 fully saturated rings. The molecule has 51 heavy (non-hydrogen) atoms. The molecule has 1 aromatic heterocycles. The minimum Gasteiger partial charge on any atom is -0.462 e. The number of fused-ring (bicyclic) bond motifs is 2. The molecule has 0 radical (unpaired) electrons. The van der Waals surface area contributed by atoms with Crippen LogP contribution in [0.3, 0.4) is 0 Å². The summed E-state index contributed by atoms with van der Waals surface area (Å²) in [6, 6.07) is 0. The summed E-state index contributed by atoms with van der Waals surface area (Å²) in [4.78, 5) is 27.7. The van der Waals surface area contributed by atoms with Gasteiger partial charge in [0.15, 0.2) is 5.79 Å². The molecule has 11 nitrogen and oxygen atoms in total. The number of aryl methyl sites for hydroxylation is 2. The molecule has 2 bridgehead atoms. The second kappa shape index (κ2) is 14.7. The van der Waals surface area contributed by atoms with Crippen LogP contribution in [0.5, 0.6) is 0 Å². The van der Waals surface area contributed by atoms with Crippen LogP contribution in [0.1, 0.15) is 102 Å². The van der Waals surface area contributed by atoms with Crippen LogP contribution in [0.2, 0.25) is 0 Å². The van der Waals surface area contributed by atoms with Gasteiger partial charge in [0, 0.05) is 25.2 Å². The van der Waals surface area contributed by atoms with Crippen molar-refractivity contribution >= 4 is 11.9 Å². The van der Waals surface area contributed by atoms with Crippen LogP contribution in [-0.2, 0) is 28.5 Å². The standard InChI is InChI=1S/C40H55NO10/c1-9-21(2)35-24(5)15-16-39(50-35)19-30-18-29(49-39)14-13-23(4)34(48-38(44)32-26(7)41-51-27(32)8)22(3)11-10-12-28-20-46-36-33(42)25(6)17-31(37(43)47-30)40(28,36)45/h10-13,17,21-22,24,29-31,33-36,42,45H,9,14-16,18-20H2,1-8H3/b11-10+,23-13+,28-12+/t21-,22-,24-,29+,30-,31-,33+,34-,35+,36+,39+,40+/m0/s1. The molecule has 0 unspecified atom stereocenters. The Morgan fingerprint density at radius 1 is 1.14 bits per heavy atom. The number of nitrogens with zero attached hydrogens (tertiary/aromatic N) is 1. The van der Waals surface area contributed by atoms with Crippen LogP contribution in [0.25, 0.3) is 0 Å². The van der Waals surface area contributed by atoms with Gasteiger partial charge >= 0.3 is 11.9 Å². The molecule has 0 saturated carbocycles. The largest absolute Gasteiger partial charge is 0.462 e. The third-order valence-electron chi connectivity index (χ3n) is 11.9. The summed E-state index contributed by atoms with van der Waals surface area (Å²) in [6.45, 7) is 15.6. The number of rotatable bonds is 4. The zero-order valence-corrected chi connectivity index (χ0v) is 31.2. The highest BCUT2D eigenvalue weighted by Crippen LogP contribution is 2.48. The first-order chi connectivity index (χ1) is 24.2. The number of carbonyl (C=O) groups excluding carboxylic acids is 2. The van der Waals surface area contributed by atoms with Gasteiger partial charge in [0.2, 0.25) is 0 Å². The first-order valence-electron chi connectivity index (χ1n) is 18.6. The van der Waals surface area contributed by atoms with Gasteiger partial charge in [-0.05, 0) is 69.1 Å². The highest BCUT2D eigenvalue weighted by molar-refractivity contribution is 5.91. The van der Waals surface area contributed by atoms with Crippen molar-refractivity contribution in [2.75, 3.05) is 6.61 Å². The van der Waals surface area contributed by atoms with E-state index in [0.717, 1.165) is 18.4 Å². The smallest absolute Gasteiger partial charge is 0.344 e. The number of esters is 2. The van der Waals surface area contributed by atoms with Crippen molar-refractivity contribution in [1.82, 2.24) is 5.16 Å². The van der Waals surface area contributed by atoms with Gasteiger partial charge in [0.1, 0.15) is 47.3 Å². The number of carbonyl (C=O) groups is 2. The van der Waals surface area contributed by atoms with E-state index in [1.807, 2.05) is 26.0 Å². The number of hydrogen-bond donors (Lipinski definition) is 2. The summed E-state index contributed by atoms with van der Waals surface area (Å²) in [5, 5.41) is 27.3. The van der Waals surface area contributed by atoms with Crippen molar-refractivity contribution < 1.29 is 48.0 Å². The molecule has 5 heterocycles. The first kappa shape index (κ1) is 37.7. The highest BCUT2D eigenvalue weighted by atomic mass is 16.7. The van der Waals surface area contributed by atoms with Crippen LogP contribution in [0, 0.1) is 37.5 Å². The number of aromatic nitrogens is 1. The van der Waals surface area contributed by atoms with Gasteiger partial charge in [-0.3, -0.25) is 4.79 Å². The maximum atomic E-state index is 14.2. The molecule has 1 aromatic rings. The number of aliphatic hydroxyl groups excluding tert-OH is 1. The Morgan fingerprint density at radius 3 is 2.61 bits per heavy atom. The van der Waals surface area contributed by atoms with E-state index in [-0.39, 0.29) is 24.7 Å². The van der Waals surface area contributed by atoms with Crippen LogP contribution in [0.15, 0.2) is 51.6 Å². The minimum atomic E-state index is -1.83. The molecular formula is C40H55NO10. The number of aliphatic hydroxyl groups is 2. The fraction of sp³-hybridized carbons (Fsp3) is 0.675. The second-order valence-corrected chi connectivity index (χ2v) is 15.7. The maximum absolute atomic E-state index is 14.2. The molecule has 1 aliphatic carbocycles. The van der Waals surface area contributed by atoms with Gasteiger partial charge in [0.05, 0.1) is 24.5 Å². The van der Waals surface area contributed by atoms with E-state index in [0.29, 0.717) is 65.7 Å². The fourth-order valence-corrected chi connectivity index (χ4v) is 8.69. The van der Waals surface area contributed by atoms with Crippen molar-refractivity contribution in [2.45, 2.75) is 142 Å². The lowest BCUT2D eigenvalue weighted by atomic mass is 9.71. The van der Waals surface area contributed by atoms with Crippen LogP contribution >= 0.6 is 0 Å². The van der Waals surface area contributed by atoms with Crippen LogP contribution < -0.4 is 0 Å². The van der Waals surface area contributed by atoms with Crippen molar-refractivity contribution in [3.05, 3.63) is 64.1 Å². The average molecular weight is 710 g/mol. The van der Waals surface area contributed by atoms with Crippen LogP contribution in [-0.4, -0.2) is 81.9 Å². The summed E-state index contributed by atoms with van der Waals surface area (Å²) in [5.74, 6) is -2.38. The SMILES string of the molecule is CC[C@H](C)[C@H]1O[C@]2(CC[C@@H]1C)C[C@@H]1C[C@@H](C/C=C(\C)[C@@H](OC(=O)c3c(C)noc3C)[C@@H](C)/C=C/C=C3\CO[C@@H]4[C@H](O)C(C)=C[C@@H](C(=O)O1)[C@]34O)O2. The van der Waals surface area contributed by atoms with Crippen molar-refractivity contribution in [1.29, 1.82) is 0 Å². The van der Waals surface area contributed by atoms with Gasteiger partial charge in [0.25, 0.3) is 0 Å². The number of hydrogen-bond acceptors (Lipinski definition) is 11. The zero-order chi connectivity index (χ0) is 36.8. The quantitative estimate of drug-likeness (QED) is 0.280. The van der Waals surface area contributed by atoms with Gasteiger partial charge in [-0.15, -0.1) is 0 Å². The Hall–Kier alpha value is -3.09. The van der Waals surface area contributed by atoms with E-state index in [1.54, 1.807) is 39.0 Å². The summed E-state index contributed by atoms with van der Waals surface area (Å²) >= 11 is 0. The van der Waals surface area contributed by atoms with Gasteiger partial charge in [-0.2, -0.15) is 0 Å². The third kappa shape index (κ3) is 7.17. The summed E-state index contributed by atoms with van der Waals surface area (Å²) < 4.78 is 37.5. The lowest BCUT2D eigenvalue weighted by molar-refractivity contribution is -0.340. The topological polar surface area (TPSA) is 147 Å². The lowest BCUT2D eigenvalue weighted by Crippen LogP contribution is -2.58. The van der Waals surface area contributed by atoms with E-state index in [1.165, 1.54) is 0 Å². The molecule has 4 aliphatic heterocycles. The monoisotopic (exact) mass is 709 g/mol. The molecule has 1 spiro atoms. The van der Waals surface area contributed by atoms with E-state index in [9.17, 15) is 19.8 Å². The Labute approximate surface area is 301 Å². The van der Waals surface area contributed by atoms with Gasteiger partial charge in [-0.25, -0.2) is 4.79 Å². The molecule has 0 aromatic carbocycles. The Balaban J connectivity index is 1.40. The molecule has 2 N–H and O–H groups in total. The predicted octanol–water partition coefficient (Wildman–Crippen LogP) is 6.00. The van der Waals surface area contributed by atoms with E-state index in [2.05, 4.69) is 25.9 Å². The molecule has 280 valence electrons. The average Bonchev–Trinajstić information content (AvgIpc) is 3.62. The fourth-order valence-electron chi connectivity index (χ4n) is 8.69. The Kier molecular flexibility index (Phi) is 10.9. The van der Waals surface area contributed by atoms with Crippen molar-refractivity contribution in [3.8, 4) is 0 Å². The summed E-state index contributed by atoms with van der Waals surface area (Å²) in [5.41, 5.74) is 0.752. The lowest BCUT2D eigenvalue weighted by Gasteiger charge is -2.51. The summed E-state index contributed by atoms with van der Waals surface area (Å²) in [6.07, 6.45) is 9.15. The van der Waals surface area contributed by atoms with Crippen LogP contribution in [0.4, 0.5) is 0 Å². The second-order valence-electron chi connectivity index (χ2n) is 15.7. The molecular weight excluding hydrogens is 654 g/mol. The molecule has 6 rings (SSSR count). The molecule has 11 heteroatoms. The first-order valence-corrected chi connectivity index (χ1v) is 18.6. The highest BCUT2D eigenvalue weighted by Gasteiger charge is 2.60. The summed E-state index contributed by atoms with van der Waals surface area (Å²) in [7, 11) is 0. The van der Waals surface area contributed by atoms with Gasteiger partial charge in [-0.1, -0.05) is 69.7 Å². The van der Waals surface area contributed by atoms with Gasteiger partial charge < -0.3 is 38.4 Å². The van der Waals surface area contributed by atoms with E-state index < -0.39 is 53.7 Å². The normalized spacial score (nSPS) is 42.0. The van der Waals surface area contributed by atoms with E-state index >= 15 is 0 Å². The number of allylic oxidation sites excluding steroid dienone is 2. The molecule has 12 atom stereocenters. The predicted molar refractivity (Wildman–Crippen MR) is 187 cm³/mol.